The maximum atomic E-state index is 2.44. The molecule has 1 heterocycles. The zero-order valence-electron chi connectivity index (χ0n) is 27.9. The molecule has 51 heavy (non-hydrogen) atoms. The van der Waals surface area contributed by atoms with Crippen LogP contribution in [0, 0.1) is 0 Å². The molecule has 0 radical (unpaired) electrons. The molecule has 8 aromatic rings. The molecule has 8 aromatic carbocycles. The Balaban J connectivity index is 1.18. The molecule has 2 heteroatoms. The Labute approximate surface area is 303 Å². The third kappa shape index (κ3) is 4.64. The Morgan fingerprint density at radius 1 is 0.314 bits per heavy atom. The van der Waals surface area contributed by atoms with Crippen molar-refractivity contribution in [3.63, 3.8) is 0 Å². The number of rotatable bonds is 5. The summed E-state index contributed by atoms with van der Waals surface area (Å²) in [6.45, 7) is 0. The molecule has 0 saturated heterocycles. The Hall–Kier alpha value is -6.09. The summed E-state index contributed by atoms with van der Waals surface area (Å²) in [6.07, 6.45) is 0. The van der Waals surface area contributed by atoms with Crippen LogP contribution in [0.15, 0.2) is 210 Å². The lowest BCUT2D eigenvalue weighted by Crippen LogP contribution is -2.31. The molecule has 1 spiro atoms. The first-order valence-electron chi connectivity index (χ1n) is 17.5. The van der Waals surface area contributed by atoms with E-state index < -0.39 is 0 Å². The van der Waals surface area contributed by atoms with Crippen LogP contribution in [-0.4, -0.2) is 0 Å². The molecule has 1 aliphatic carbocycles. The van der Waals surface area contributed by atoms with Crippen LogP contribution in [0.5, 0.6) is 0 Å². The topological polar surface area (TPSA) is 3.24 Å². The molecule has 0 unspecified atom stereocenters. The van der Waals surface area contributed by atoms with Crippen molar-refractivity contribution < 1.29 is 0 Å². The minimum atomic E-state index is -0.374. The molecule has 0 bridgehead atoms. The smallest absolute Gasteiger partial charge is 0.0735 e. The van der Waals surface area contributed by atoms with Gasteiger partial charge >= 0.3 is 0 Å². The van der Waals surface area contributed by atoms with Gasteiger partial charge in [0.1, 0.15) is 0 Å². The van der Waals surface area contributed by atoms with Crippen molar-refractivity contribution in [3.05, 3.63) is 222 Å². The molecule has 0 saturated carbocycles. The molecule has 1 nitrogen and oxygen atoms in total. The van der Waals surface area contributed by atoms with Gasteiger partial charge in [-0.05, 0) is 104 Å². The van der Waals surface area contributed by atoms with Crippen LogP contribution in [0.25, 0.3) is 33.4 Å². The lowest BCUT2D eigenvalue weighted by molar-refractivity contribution is 0.722. The summed E-state index contributed by atoms with van der Waals surface area (Å²) < 4.78 is 0. The minimum Gasteiger partial charge on any atom is -0.310 e. The van der Waals surface area contributed by atoms with Gasteiger partial charge in [0.15, 0.2) is 0 Å². The van der Waals surface area contributed by atoms with Gasteiger partial charge in [-0.25, -0.2) is 0 Å². The highest BCUT2D eigenvalue weighted by atomic mass is 32.2. The van der Waals surface area contributed by atoms with Crippen LogP contribution in [0.3, 0.4) is 0 Å². The largest absolute Gasteiger partial charge is 0.310 e. The van der Waals surface area contributed by atoms with Crippen molar-refractivity contribution in [1.29, 1.82) is 0 Å². The van der Waals surface area contributed by atoms with E-state index in [2.05, 4.69) is 205 Å². The van der Waals surface area contributed by atoms with Gasteiger partial charge in [0.05, 0.1) is 5.41 Å². The standard InChI is InChI=1S/C49H33NS/c1-4-16-34(17-5-1)42-33-38(50(36-18-6-2-7-19-36)37-20-8-3-9-21-37)29-30-39(42)35-28-31-46-48(32-35)51-47-27-15-14-26-45(47)49(46)43-24-12-10-22-40(43)41-23-11-13-25-44(41)49/h1-33H. The van der Waals surface area contributed by atoms with Gasteiger partial charge in [-0.15, -0.1) is 0 Å². The van der Waals surface area contributed by atoms with Crippen molar-refractivity contribution in [2.45, 2.75) is 15.2 Å². The quantitative estimate of drug-likeness (QED) is 0.180. The first-order chi connectivity index (χ1) is 25.3. The van der Waals surface area contributed by atoms with E-state index in [9.17, 15) is 0 Å². The highest BCUT2D eigenvalue weighted by Gasteiger charge is 2.50. The van der Waals surface area contributed by atoms with Gasteiger partial charge in [-0.1, -0.05) is 163 Å². The van der Waals surface area contributed by atoms with Crippen molar-refractivity contribution in [2.75, 3.05) is 4.90 Å². The summed E-state index contributed by atoms with van der Waals surface area (Å²) in [5.74, 6) is 0. The Morgan fingerprint density at radius 2 is 0.843 bits per heavy atom. The number of para-hydroxylation sites is 2. The maximum absolute atomic E-state index is 2.44. The lowest BCUT2D eigenvalue weighted by atomic mass is 9.67. The van der Waals surface area contributed by atoms with E-state index in [1.807, 2.05) is 11.8 Å². The Bertz CT molecular complexity index is 2470. The average Bonchev–Trinajstić information content (AvgIpc) is 3.50. The van der Waals surface area contributed by atoms with E-state index >= 15 is 0 Å². The number of fused-ring (bicyclic) bond motifs is 9. The second kappa shape index (κ2) is 12.1. The predicted octanol–water partition coefficient (Wildman–Crippen LogP) is 13.3. The number of nitrogens with zero attached hydrogens (tertiary/aromatic N) is 1. The van der Waals surface area contributed by atoms with Crippen molar-refractivity contribution >= 4 is 28.8 Å². The summed E-state index contributed by atoms with van der Waals surface area (Å²) in [5, 5.41) is 0. The Morgan fingerprint density at radius 3 is 1.49 bits per heavy atom. The molecule has 10 rings (SSSR count). The molecule has 1 aliphatic heterocycles. The molecule has 0 N–H and O–H groups in total. The highest BCUT2D eigenvalue weighted by molar-refractivity contribution is 7.99. The van der Waals surface area contributed by atoms with Gasteiger partial charge in [0.2, 0.25) is 0 Å². The summed E-state index contributed by atoms with van der Waals surface area (Å²) in [7, 11) is 0. The monoisotopic (exact) mass is 667 g/mol. The van der Waals surface area contributed by atoms with E-state index in [0.29, 0.717) is 0 Å². The Kier molecular flexibility index (Phi) is 7.04. The predicted molar refractivity (Wildman–Crippen MR) is 213 cm³/mol. The molecule has 0 amide bonds. The van der Waals surface area contributed by atoms with Crippen LogP contribution in [0.2, 0.25) is 0 Å². The minimum absolute atomic E-state index is 0.374. The van der Waals surface area contributed by atoms with Gasteiger partial charge in [0, 0.05) is 26.9 Å². The van der Waals surface area contributed by atoms with Gasteiger partial charge < -0.3 is 4.90 Å². The number of hydrogen-bond donors (Lipinski definition) is 0. The van der Waals surface area contributed by atoms with Crippen molar-refractivity contribution in [2.24, 2.45) is 0 Å². The van der Waals surface area contributed by atoms with E-state index in [-0.39, 0.29) is 5.41 Å². The maximum Gasteiger partial charge on any atom is 0.0735 e. The van der Waals surface area contributed by atoms with E-state index in [1.165, 1.54) is 65.4 Å². The van der Waals surface area contributed by atoms with Crippen LogP contribution >= 0.6 is 11.8 Å². The lowest BCUT2D eigenvalue weighted by Gasteiger charge is -2.39. The second-order valence-corrected chi connectivity index (χ2v) is 14.3. The van der Waals surface area contributed by atoms with Crippen molar-refractivity contribution in [1.82, 2.24) is 0 Å². The summed E-state index contributed by atoms with van der Waals surface area (Å²) in [4.78, 5) is 4.96. The molecule has 0 fully saturated rings. The van der Waals surface area contributed by atoms with E-state index in [1.54, 1.807) is 0 Å². The third-order valence-electron chi connectivity index (χ3n) is 10.5. The fourth-order valence-corrected chi connectivity index (χ4v) is 9.64. The number of anilines is 3. The molecule has 0 aromatic heterocycles. The van der Waals surface area contributed by atoms with Crippen molar-refractivity contribution in [3.8, 4) is 33.4 Å². The van der Waals surface area contributed by atoms with E-state index in [0.717, 1.165) is 17.1 Å². The molecular weight excluding hydrogens is 635 g/mol. The molecular formula is C49H33NS. The molecule has 2 aliphatic rings. The average molecular weight is 668 g/mol. The fourth-order valence-electron chi connectivity index (χ4n) is 8.41. The summed E-state index contributed by atoms with van der Waals surface area (Å²) in [5.41, 5.74) is 15.9. The SMILES string of the molecule is c1ccc(-c2cc(N(c3ccccc3)c3ccccc3)ccc2-c2ccc3c(c2)Sc2ccccc2C32c3ccccc3-c3ccccc32)cc1. The highest BCUT2D eigenvalue weighted by Crippen LogP contribution is 2.62. The van der Waals surface area contributed by atoms with Gasteiger partial charge in [0.25, 0.3) is 0 Å². The van der Waals surface area contributed by atoms with Crippen LogP contribution in [-0.2, 0) is 5.41 Å². The number of hydrogen-bond acceptors (Lipinski definition) is 2. The molecule has 240 valence electrons. The van der Waals surface area contributed by atoms with Crippen LogP contribution in [0.1, 0.15) is 22.3 Å². The third-order valence-corrected chi connectivity index (χ3v) is 11.7. The first-order valence-corrected chi connectivity index (χ1v) is 18.3. The first kappa shape index (κ1) is 29.8. The van der Waals surface area contributed by atoms with Gasteiger partial charge in [-0.3, -0.25) is 0 Å². The zero-order valence-corrected chi connectivity index (χ0v) is 28.7. The van der Waals surface area contributed by atoms with Crippen LogP contribution in [0.4, 0.5) is 17.1 Å². The summed E-state index contributed by atoms with van der Waals surface area (Å²) in [6, 6.07) is 73.3. The summed E-state index contributed by atoms with van der Waals surface area (Å²) >= 11 is 1.90. The number of benzene rings is 8. The van der Waals surface area contributed by atoms with Crippen LogP contribution < -0.4 is 4.90 Å². The zero-order chi connectivity index (χ0) is 33.8. The van der Waals surface area contributed by atoms with Gasteiger partial charge in [-0.2, -0.15) is 0 Å². The molecule has 0 atom stereocenters. The van der Waals surface area contributed by atoms with E-state index in [4.69, 9.17) is 0 Å². The fraction of sp³-hybridized carbons (Fsp3) is 0.0204. The normalized spacial score (nSPS) is 13.2. The second-order valence-electron chi connectivity index (χ2n) is 13.3.